The highest BCUT2D eigenvalue weighted by atomic mass is 15.1. The van der Waals surface area contributed by atoms with Crippen LogP contribution in [0.4, 0.5) is 5.69 Å². The minimum Gasteiger partial charge on any atom is -0.349 e. The zero-order valence-corrected chi connectivity index (χ0v) is 10.5. The van der Waals surface area contributed by atoms with Gasteiger partial charge in [0, 0.05) is 18.4 Å². The second-order valence-corrected chi connectivity index (χ2v) is 4.49. The van der Waals surface area contributed by atoms with E-state index in [1.165, 1.54) is 16.8 Å². The summed E-state index contributed by atoms with van der Waals surface area (Å²) in [4.78, 5) is 2.12. The molecule has 0 unspecified atom stereocenters. The molecule has 0 radical (unpaired) electrons. The van der Waals surface area contributed by atoms with Crippen molar-refractivity contribution in [3.05, 3.63) is 41.6 Å². The van der Waals surface area contributed by atoms with E-state index in [1.807, 2.05) is 6.92 Å². The van der Waals surface area contributed by atoms with Gasteiger partial charge in [0.15, 0.2) is 0 Å². The Hall–Kier alpha value is -1.24. The highest BCUT2D eigenvalue weighted by molar-refractivity contribution is 5.57. The van der Waals surface area contributed by atoms with E-state index >= 15 is 0 Å². The normalized spacial score (nSPS) is 10.5. The van der Waals surface area contributed by atoms with Crippen LogP contribution in [0.2, 0.25) is 0 Å². The Balaban J connectivity index is 3.08. The number of hydrogen-bond donors (Lipinski definition) is 0. The van der Waals surface area contributed by atoms with E-state index in [9.17, 15) is 0 Å². The maximum Gasteiger partial charge on any atom is 0.0435 e. The molecule has 0 aromatic heterocycles. The molecule has 0 saturated carbocycles. The number of nitrogens with zero attached hydrogens (tertiary/aromatic N) is 1. The second kappa shape index (κ2) is 4.52. The summed E-state index contributed by atoms with van der Waals surface area (Å²) in [5, 5.41) is 0. The first-order valence-corrected chi connectivity index (χ1v) is 5.43. The molecule has 0 saturated heterocycles. The second-order valence-electron chi connectivity index (χ2n) is 4.49. The topological polar surface area (TPSA) is 3.24 Å². The zero-order valence-electron chi connectivity index (χ0n) is 10.5. The van der Waals surface area contributed by atoms with Crippen molar-refractivity contribution in [2.24, 2.45) is 0 Å². The molecule has 1 rings (SSSR count). The average molecular weight is 203 g/mol. The lowest BCUT2D eigenvalue weighted by atomic mass is 10.00. The molecular formula is C14H21N. The van der Waals surface area contributed by atoms with Crippen LogP contribution in [-0.4, -0.2) is 7.05 Å². The lowest BCUT2D eigenvalue weighted by molar-refractivity contribution is 0.864. The Morgan fingerprint density at radius 2 is 1.93 bits per heavy atom. The summed E-state index contributed by atoms with van der Waals surface area (Å²) < 4.78 is 0. The molecule has 1 aromatic carbocycles. The summed E-state index contributed by atoms with van der Waals surface area (Å²) in [6.45, 7) is 12.6. The van der Waals surface area contributed by atoms with Crippen LogP contribution in [0.15, 0.2) is 30.5 Å². The number of hydrogen-bond acceptors (Lipinski definition) is 1. The number of allylic oxidation sites excluding steroid dienone is 1. The Kier molecular flexibility index (Phi) is 3.57. The Morgan fingerprint density at radius 3 is 2.33 bits per heavy atom. The molecule has 1 heteroatoms. The van der Waals surface area contributed by atoms with E-state index in [4.69, 9.17) is 0 Å². The standard InChI is InChI=1S/C14H21N/c1-10(2)13-7-8-14(12(5)9-13)15(6)11(3)4/h7-10H,3H2,1-2,4-6H3. The van der Waals surface area contributed by atoms with E-state index in [0.29, 0.717) is 5.92 Å². The first-order chi connectivity index (χ1) is 6.93. The molecule has 0 aliphatic heterocycles. The molecule has 15 heavy (non-hydrogen) atoms. The van der Waals surface area contributed by atoms with Crippen molar-refractivity contribution in [2.75, 3.05) is 11.9 Å². The molecule has 0 atom stereocenters. The predicted octanol–water partition coefficient (Wildman–Crippen LogP) is 4.09. The zero-order chi connectivity index (χ0) is 11.6. The van der Waals surface area contributed by atoms with Crippen molar-refractivity contribution in [3.8, 4) is 0 Å². The quantitative estimate of drug-likeness (QED) is 0.715. The lowest BCUT2D eigenvalue weighted by Crippen LogP contribution is -2.14. The first-order valence-electron chi connectivity index (χ1n) is 5.43. The molecule has 0 aliphatic carbocycles. The van der Waals surface area contributed by atoms with E-state index in [2.05, 4.69) is 57.5 Å². The highest BCUT2D eigenvalue weighted by Crippen LogP contribution is 2.25. The van der Waals surface area contributed by atoms with Gasteiger partial charge in [-0.25, -0.2) is 0 Å². The Bertz CT molecular complexity index is 364. The summed E-state index contributed by atoms with van der Waals surface area (Å²) in [6, 6.07) is 6.64. The summed E-state index contributed by atoms with van der Waals surface area (Å²) in [6.07, 6.45) is 0. The summed E-state index contributed by atoms with van der Waals surface area (Å²) >= 11 is 0. The molecule has 0 spiro atoms. The third kappa shape index (κ3) is 2.62. The van der Waals surface area contributed by atoms with Crippen molar-refractivity contribution in [1.29, 1.82) is 0 Å². The fraction of sp³-hybridized carbons (Fsp3) is 0.429. The number of aryl methyl sites for hydroxylation is 1. The Morgan fingerprint density at radius 1 is 1.33 bits per heavy atom. The highest BCUT2D eigenvalue weighted by Gasteiger charge is 2.07. The Labute approximate surface area is 93.4 Å². The maximum absolute atomic E-state index is 3.96. The van der Waals surface area contributed by atoms with Crippen LogP contribution in [0.1, 0.15) is 37.8 Å². The van der Waals surface area contributed by atoms with Gasteiger partial charge < -0.3 is 4.90 Å². The van der Waals surface area contributed by atoms with E-state index < -0.39 is 0 Å². The molecule has 0 fully saturated rings. The van der Waals surface area contributed by atoms with Crippen LogP contribution in [0.5, 0.6) is 0 Å². The van der Waals surface area contributed by atoms with Crippen molar-refractivity contribution >= 4 is 5.69 Å². The first kappa shape index (κ1) is 11.8. The molecule has 0 N–H and O–H groups in total. The van der Waals surface area contributed by atoms with Gasteiger partial charge in [-0.05, 0) is 37.0 Å². The van der Waals surface area contributed by atoms with Gasteiger partial charge in [-0.15, -0.1) is 0 Å². The van der Waals surface area contributed by atoms with Gasteiger partial charge in [0.25, 0.3) is 0 Å². The van der Waals surface area contributed by atoms with Gasteiger partial charge in [0.1, 0.15) is 0 Å². The largest absolute Gasteiger partial charge is 0.349 e. The smallest absolute Gasteiger partial charge is 0.0435 e. The minimum atomic E-state index is 0.591. The van der Waals surface area contributed by atoms with Gasteiger partial charge in [-0.1, -0.05) is 32.6 Å². The maximum atomic E-state index is 3.96. The van der Waals surface area contributed by atoms with Crippen molar-refractivity contribution < 1.29 is 0 Å². The number of benzene rings is 1. The monoisotopic (exact) mass is 203 g/mol. The summed E-state index contributed by atoms with van der Waals surface area (Å²) in [5.41, 5.74) is 5.01. The average Bonchev–Trinajstić information content (AvgIpc) is 2.16. The van der Waals surface area contributed by atoms with Crippen LogP contribution in [-0.2, 0) is 0 Å². The molecule has 0 aliphatic rings. The van der Waals surface area contributed by atoms with E-state index in [1.54, 1.807) is 0 Å². The molecule has 82 valence electrons. The van der Waals surface area contributed by atoms with Crippen LogP contribution >= 0.6 is 0 Å². The van der Waals surface area contributed by atoms with Gasteiger partial charge in [0.05, 0.1) is 0 Å². The number of rotatable bonds is 3. The molecule has 1 aromatic rings. The van der Waals surface area contributed by atoms with Crippen LogP contribution in [0.3, 0.4) is 0 Å². The van der Waals surface area contributed by atoms with E-state index in [-0.39, 0.29) is 0 Å². The van der Waals surface area contributed by atoms with Crippen LogP contribution in [0, 0.1) is 6.92 Å². The van der Waals surface area contributed by atoms with Crippen LogP contribution in [0.25, 0.3) is 0 Å². The van der Waals surface area contributed by atoms with Gasteiger partial charge in [-0.3, -0.25) is 0 Å². The minimum absolute atomic E-state index is 0.591. The van der Waals surface area contributed by atoms with E-state index in [0.717, 1.165) is 5.70 Å². The van der Waals surface area contributed by atoms with Crippen molar-refractivity contribution in [2.45, 2.75) is 33.6 Å². The molecule has 1 nitrogen and oxygen atoms in total. The third-order valence-corrected chi connectivity index (χ3v) is 2.82. The fourth-order valence-electron chi connectivity index (χ4n) is 1.62. The van der Waals surface area contributed by atoms with Gasteiger partial charge in [-0.2, -0.15) is 0 Å². The third-order valence-electron chi connectivity index (χ3n) is 2.82. The van der Waals surface area contributed by atoms with Gasteiger partial charge >= 0.3 is 0 Å². The lowest BCUT2D eigenvalue weighted by Gasteiger charge is -2.22. The van der Waals surface area contributed by atoms with Crippen molar-refractivity contribution in [1.82, 2.24) is 0 Å². The SMILES string of the molecule is C=C(C)N(C)c1ccc(C(C)C)cc1C. The summed E-state index contributed by atoms with van der Waals surface area (Å²) in [7, 11) is 2.06. The molecule has 0 amide bonds. The van der Waals surface area contributed by atoms with Crippen molar-refractivity contribution in [3.63, 3.8) is 0 Å². The predicted molar refractivity (Wildman–Crippen MR) is 68.5 cm³/mol. The summed E-state index contributed by atoms with van der Waals surface area (Å²) in [5.74, 6) is 0.591. The number of anilines is 1. The molecule has 0 bridgehead atoms. The fourth-order valence-corrected chi connectivity index (χ4v) is 1.62. The van der Waals surface area contributed by atoms with Gasteiger partial charge in [0.2, 0.25) is 0 Å². The molecular weight excluding hydrogens is 182 g/mol. The molecule has 0 heterocycles. The van der Waals surface area contributed by atoms with Crippen LogP contribution < -0.4 is 4.90 Å².